The molecule has 3 aliphatic heterocycles. The Kier molecular flexibility index (Phi) is 4.37. The van der Waals surface area contributed by atoms with E-state index in [9.17, 15) is 14.4 Å². The molecule has 1 aromatic rings. The maximum atomic E-state index is 13.1. The second kappa shape index (κ2) is 6.72. The fraction of sp³-hybridized carbons (Fsp3) is 0.450. The van der Waals surface area contributed by atoms with Gasteiger partial charge in [0.1, 0.15) is 6.54 Å². The minimum absolute atomic E-state index is 0.0190. The molecule has 1 fully saturated rings. The molecular weight excluding hydrogens is 344 g/mol. The maximum absolute atomic E-state index is 13.1. The molecule has 27 heavy (non-hydrogen) atoms. The van der Waals surface area contributed by atoms with E-state index in [1.54, 1.807) is 11.9 Å². The van der Waals surface area contributed by atoms with Gasteiger partial charge >= 0.3 is 6.03 Å². The zero-order valence-electron chi connectivity index (χ0n) is 15.7. The number of carbonyl (C=O) groups excluding carboxylic acids is 3. The highest BCUT2D eigenvalue weighted by Crippen LogP contribution is 2.35. The number of nitrogens with zero attached hydrogens (tertiary/aromatic N) is 3. The lowest BCUT2D eigenvalue weighted by Crippen LogP contribution is -2.45. The third-order valence-electron chi connectivity index (χ3n) is 5.63. The SMILES string of the molecule is Cc1ccc([C@@H]2NC(=O)N(C)C3=C2C(=O)N(CC(=O)N2CCCC2)C3)cc1. The first kappa shape index (κ1) is 17.6. The molecule has 0 aliphatic carbocycles. The Bertz CT molecular complexity index is 824. The number of aryl methyl sites for hydroxylation is 1. The summed E-state index contributed by atoms with van der Waals surface area (Å²) in [6, 6.07) is 7.08. The summed E-state index contributed by atoms with van der Waals surface area (Å²) in [7, 11) is 1.66. The normalized spacial score (nSPS) is 22.4. The second-order valence-electron chi connectivity index (χ2n) is 7.46. The van der Waals surface area contributed by atoms with E-state index in [4.69, 9.17) is 0 Å². The molecule has 0 unspecified atom stereocenters. The van der Waals surface area contributed by atoms with Crippen LogP contribution < -0.4 is 5.32 Å². The predicted molar refractivity (Wildman–Crippen MR) is 99.6 cm³/mol. The summed E-state index contributed by atoms with van der Waals surface area (Å²) in [4.78, 5) is 42.9. The van der Waals surface area contributed by atoms with Crippen LogP contribution in [-0.4, -0.2) is 65.8 Å². The van der Waals surface area contributed by atoms with E-state index in [0.29, 0.717) is 17.8 Å². The van der Waals surface area contributed by atoms with E-state index in [1.165, 1.54) is 4.90 Å². The van der Waals surface area contributed by atoms with Crippen molar-refractivity contribution in [1.82, 2.24) is 20.0 Å². The van der Waals surface area contributed by atoms with Gasteiger partial charge in [0, 0.05) is 20.1 Å². The smallest absolute Gasteiger partial charge is 0.322 e. The molecule has 4 rings (SSSR count). The molecule has 0 saturated carbocycles. The van der Waals surface area contributed by atoms with Crippen LogP contribution >= 0.6 is 0 Å². The first-order valence-corrected chi connectivity index (χ1v) is 9.36. The lowest BCUT2D eigenvalue weighted by atomic mass is 9.95. The van der Waals surface area contributed by atoms with Crippen LogP contribution in [0.2, 0.25) is 0 Å². The van der Waals surface area contributed by atoms with Gasteiger partial charge in [-0.3, -0.25) is 14.5 Å². The van der Waals surface area contributed by atoms with Crippen LogP contribution in [0.1, 0.15) is 30.0 Å². The van der Waals surface area contributed by atoms with Crippen molar-refractivity contribution in [3.05, 3.63) is 46.7 Å². The van der Waals surface area contributed by atoms with E-state index < -0.39 is 6.04 Å². The maximum Gasteiger partial charge on any atom is 0.322 e. The van der Waals surface area contributed by atoms with Crippen LogP contribution in [0.25, 0.3) is 0 Å². The molecule has 7 heteroatoms. The van der Waals surface area contributed by atoms with Gasteiger partial charge in [0.15, 0.2) is 0 Å². The molecule has 142 valence electrons. The van der Waals surface area contributed by atoms with Crippen molar-refractivity contribution in [3.8, 4) is 0 Å². The summed E-state index contributed by atoms with van der Waals surface area (Å²) in [6.45, 7) is 3.88. The van der Waals surface area contributed by atoms with Gasteiger partial charge in [0.25, 0.3) is 5.91 Å². The number of rotatable bonds is 3. The monoisotopic (exact) mass is 368 g/mol. The largest absolute Gasteiger partial charge is 0.341 e. The molecule has 0 radical (unpaired) electrons. The Hall–Kier alpha value is -2.83. The van der Waals surface area contributed by atoms with Gasteiger partial charge in [0.2, 0.25) is 5.91 Å². The van der Waals surface area contributed by atoms with E-state index >= 15 is 0 Å². The van der Waals surface area contributed by atoms with E-state index in [0.717, 1.165) is 37.1 Å². The molecule has 0 bridgehead atoms. The Morgan fingerprint density at radius 3 is 2.48 bits per heavy atom. The van der Waals surface area contributed by atoms with Crippen molar-refractivity contribution in [2.24, 2.45) is 0 Å². The van der Waals surface area contributed by atoms with Crippen LogP contribution in [0.3, 0.4) is 0 Å². The van der Waals surface area contributed by atoms with Crippen molar-refractivity contribution >= 4 is 17.8 Å². The average Bonchev–Trinajstić information content (AvgIpc) is 3.29. The van der Waals surface area contributed by atoms with Crippen LogP contribution in [0.15, 0.2) is 35.5 Å². The number of urea groups is 1. The Morgan fingerprint density at radius 1 is 1.15 bits per heavy atom. The fourth-order valence-corrected chi connectivity index (χ4v) is 3.99. The number of amides is 4. The van der Waals surface area contributed by atoms with Crippen molar-refractivity contribution < 1.29 is 14.4 Å². The van der Waals surface area contributed by atoms with Crippen molar-refractivity contribution in [2.45, 2.75) is 25.8 Å². The number of hydrogen-bond acceptors (Lipinski definition) is 3. The molecule has 1 saturated heterocycles. The lowest BCUT2D eigenvalue weighted by Gasteiger charge is -2.31. The minimum atomic E-state index is -0.483. The molecule has 4 amide bonds. The molecule has 0 spiro atoms. The number of hydrogen-bond donors (Lipinski definition) is 1. The summed E-state index contributed by atoms with van der Waals surface area (Å²) in [6.07, 6.45) is 2.04. The average molecular weight is 368 g/mol. The van der Waals surface area contributed by atoms with Crippen molar-refractivity contribution in [3.63, 3.8) is 0 Å². The van der Waals surface area contributed by atoms with E-state index in [1.807, 2.05) is 36.1 Å². The summed E-state index contributed by atoms with van der Waals surface area (Å²) in [5, 5.41) is 2.92. The first-order chi connectivity index (χ1) is 13.0. The Morgan fingerprint density at radius 2 is 1.81 bits per heavy atom. The predicted octanol–water partition coefficient (Wildman–Crippen LogP) is 1.41. The molecular formula is C20H24N4O3. The number of likely N-dealkylation sites (tertiary alicyclic amines) is 1. The highest BCUT2D eigenvalue weighted by molar-refractivity contribution is 6.02. The van der Waals surface area contributed by atoms with Gasteiger partial charge < -0.3 is 15.1 Å². The molecule has 3 heterocycles. The van der Waals surface area contributed by atoms with Crippen LogP contribution in [0.4, 0.5) is 4.79 Å². The third kappa shape index (κ3) is 3.07. The van der Waals surface area contributed by atoms with Crippen molar-refractivity contribution in [1.29, 1.82) is 0 Å². The molecule has 1 N–H and O–H groups in total. The van der Waals surface area contributed by atoms with Gasteiger partial charge in [-0.25, -0.2) is 4.79 Å². The number of likely N-dealkylation sites (N-methyl/N-ethyl adjacent to an activating group) is 1. The highest BCUT2D eigenvalue weighted by Gasteiger charge is 2.43. The molecule has 0 aromatic heterocycles. The van der Waals surface area contributed by atoms with Gasteiger partial charge in [-0.15, -0.1) is 0 Å². The van der Waals surface area contributed by atoms with Gasteiger partial charge in [-0.05, 0) is 25.3 Å². The zero-order valence-corrected chi connectivity index (χ0v) is 15.7. The van der Waals surface area contributed by atoms with Crippen LogP contribution in [0.5, 0.6) is 0 Å². The standard InChI is InChI=1S/C20H24N4O3/c1-13-5-7-14(8-6-13)18-17-15(22(2)20(27)21-18)11-24(19(17)26)12-16(25)23-9-3-4-10-23/h5-8,18H,3-4,9-12H2,1-2H3,(H,21,27)/t18-/m0/s1. The van der Waals surface area contributed by atoms with Crippen LogP contribution in [-0.2, 0) is 9.59 Å². The summed E-state index contributed by atoms with van der Waals surface area (Å²) in [5.74, 6) is -0.190. The zero-order chi connectivity index (χ0) is 19.1. The molecule has 3 aliphatic rings. The summed E-state index contributed by atoms with van der Waals surface area (Å²) >= 11 is 0. The fourth-order valence-electron chi connectivity index (χ4n) is 3.99. The molecule has 1 atom stereocenters. The highest BCUT2D eigenvalue weighted by atomic mass is 16.2. The number of carbonyl (C=O) groups is 3. The van der Waals surface area contributed by atoms with Gasteiger partial charge in [0.05, 0.1) is 23.9 Å². The topological polar surface area (TPSA) is 73.0 Å². The number of nitrogens with one attached hydrogen (secondary N) is 1. The second-order valence-corrected chi connectivity index (χ2v) is 7.46. The van der Waals surface area contributed by atoms with E-state index in [2.05, 4.69) is 5.32 Å². The van der Waals surface area contributed by atoms with Gasteiger partial charge in [-0.1, -0.05) is 29.8 Å². The third-order valence-corrected chi connectivity index (χ3v) is 5.63. The van der Waals surface area contributed by atoms with Gasteiger partial charge in [-0.2, -0.15) is 0 Å². The first-order valence-electron chi connectivity index (χ1n) is 9.36. The van der Waals surface area contributed by atoms with E-state index in [-0.39, 0.29) is 24.4 Å². The molecule has 1 aromatic carbocycles. The molecule has 7 nitrogen and oxygen atoms in total. The number of benzene rings is 1. The minimum Gasteiger partial charge on any atom is -0.341 e. The quantitative estimate of drug-likeness (QED) is 0.877. The van der Waals surface area contributed by atoms with Crippen LogP contribution in [0, 0.1) is 6.92 Å². The lowest BCUT2D eigenvalue weighted by molar-refractivity contribution is -0.137. The summed E-state index contributed by atoms with van der Waals surface area (Å²) in [5.41, 5.74) is 3.23. The Balaban J connectivity index is 1.60. The summed E-state index contributed by atoms with van der Waals surface area (Å²) < 4.78 is 0. The van der Waals surface area contributed by atoms with Crippen molar-refractivity contribution in [2.75, 3.05) is 33.2 Å². The Labute approximate surface area is 158 Å².